The fourth-order valence-electron chi connectivity index (χ4n) is 0.514. The second-order valence-electron chi connectivity index (χ2n) is 2.22. The minimum absolute atomic E-state index is 0.728. The zero-order valence-electron chi connectivity index (χ0n) is 6.85. The van der Waals surface area contributed by atoms with Crippen molar-refractivity contribution in [2.45, 2.75) is 13.0 Å². The van der Waals surface area contributed by atoms with Crippen molar-refractivity contribution in [3.63, 3.8) is 0 Å². The Kier molecular flexibility index (Phi) is 4.05. The van der Waals surface area contributed by atoms with Gasteiger partial charge in [0.05, 0.1) is 12.0 Å². The SMILES string of the molecule is C#CC(OC(=O)C(=O)O)C(C)C#N. The minimum Gasteiger partial charge on any atom is -0.473 e. The van der Waals surface area contributed by atoms with Gasteiger partial charge >= 0.3 is 11.9 Å². The molecule has 0 aromatic rings. The predicted octanol–water partition coefficient (Wildman–Crippen LogP) is -0.224. The summed E-state index contributed by atoms with van der Waals surface area (Å²) in [6, 6.07) is 1.75. The van der Waals surface area contributed by atoms with Crippen molar-refractivity contribution in [1.29, 1.82) is 5.26 Å². The fourth-order valence-corrected chi connectivity index (χ4v) is 0.514. The summed E-state index contributed by atoms with van der Waals surface area (Å²) in [5, 5.41) is 16.6. The van der Waals surface area contributed by atoms with E-state index < -0.39 is 24.0 Å². The lowest BCUT2D eigenvalue weighted by atomic mass is 10.1. The van der Waals surface area contributed by atoms with E-state index in [0.29, 0.717) is 0 Å². The van der Waals surface area contributed by atoms with Crippen LogP contribution in [0.3, 0.4) is 0 Å². The molecule has 0 aliphatic carbocycles. The maximum absolute atomic E-state index is 10.5. The van der Waals surface area contributed by atoms with Crippen LogP contribution in [0.2, 0.25) is 0 Å². The van der Waals surface area contributed by atoms with Crippen molar-refractivity contribution in [3.8, 4) is 18.4 Å². The van der Waals surface area contributed by atoms with E-state index in [-0.39, 0.29) is 0 Å². The number of hydrogen-bond donors (Lipinski definition) is 1. The molecule has 0 aromatic carbocycles. The van der Waals surface area contributed by atoms with Gasteiger partial charge in [-0.25, -0.2) is 9.59 Å². The van der Waals surface area contributed by atoms with Crippen LogP contribution < -0.4 is 0 Å². The Hall–Kier alpha value is -2.01. The molecule has 0 radical (unpaired) electrons. The van der Waals surface area contributed by atoms with E-state index in [1.165, 1.54) is 6.92 Å². The molecule has 0 aliphatic rings. The molecule has 0 heterocycles. The van der Waals surface area contributed by atoms with Crippen molar-refractivity contribution in [3.05, 3.63) is 0 Å². The molecule has 2 atom stereocenters. The summed E-state index contributed by atoms with van der Waals surface area (Å²) < 4.78 is 4.32. The third-order valence-corrected chi connectivity index (χ3v) is 1.23. The average Bonchev–Trinajstić information content (AvgIpc) is 2.12. The molecule has 0 amide bonds. The van der Waals surface area contributed by atoms with Crippen LogP contribution in [0.25, 0.3) is 0 Å². The topological polar surface area (TPSA) is 87.4 Å². The van der Waals surface area contributed by atoms with E-state index in [1.54, 1.807) is 6.07 Å². The Morgan fingerprint density at radius 2 is 2.15 bits per heavy atom. The van der Waals surface area contributed by atoms with Gasteiger partial charge in [-0.2, -0.15) is 5.26 Å². The lowest BCUT2D eigenvalue weighted by Crippen LogP contribution is -2.27. The standard InChI is InChI=1S/C8H7NO4/c1-3-6(5(2)4-9)13-8(12)7(10)11/h1,5-6H,2H3,(H,10,11). The van der Waals surface area contributed by atoms with Crippen LogP contribution in [0.1, 0.15) is 6.92 Å². The van der Waals surface area contributed by atoms with Crippen LogP contribution in [0.4, 0.5) is 0 Å². The summed E-state index contributed by atoms with van der Waals surface area (Å²) in [6.07, 6.45) is 3.81. The third-order valence-electron chi connectivity index (χ3n) is 1.23. The maximum atomic E-state index is 10.5. The lowest BCUT2D eigenvalue weighted by Gasteiger charge is -2.11. The molecular formula is C8H7NO4. The highest BCUT2D eigenvalue weighted by molar-refractivity contribution is 6.28. The molecule has 0 bridgehead atoms. The zero-order valence-corrected chi connectivity index (χ0v) is 6.85. The molecule has 13 heavy (non-hydrogen) atoms. The molecule has 1 N–H and O–H groups in total. The molecule has 68 valence electrons. The number of terminal acetylenes is 1. The molecule has 0 fully saturated rings. The van der Waals surface area contributed by atoms with Crippen LogP contribution in [0, 0.1) is 29.6 Å². The number of ether oxygens (including phenoxy) is 1. The van der Waals surface area contributed by atoms with Gasteiger partial charge < -0.3 is 9.84 Å². The first-order valence-corrected chi connectivity index (χ1v) is 3.32. The number of nitrogens with zero attached hydrogens (tertiary/aromatic N) is 1. The number of esters is 1. The second kappa shape index (κ2) is 4.78. The number of carboxylic acid groups (broad SMARTS) is 1. The summed E-state index contributed by atoms with van der Waals surface area (Å²) in [7, 11) is 0. The van der Waals surface area contributed by atoms with Gasteiger partial charge in [0.1, 0.15) is 0 Å². The first-order chi connectivity index (χ1) is 6.02. The zero-order chi connectivity index (χ0) is 10.4. The fraction of sp³-hybridized carbons (Fsp3) is 0.375. The van der Waals surface area contributed by atoms with Crippen molar-refractivity contribution in [2.24, 2.45) is 5.92 Å². The molecule has 0 saturated heterocycles. The van der Waals surface area contributed by atoms with Crippen molar-refractivity contribution >= 4 is 11.9 Å². The number of aliphatic carboxylic acids is 1. The van der Waals surface area contributed by atoms with Crippen LogP contribution in [0.5, 0.6) is 0 Å². The van der Waals surface area contributed by atoms with Crippen LogP contribution in [-0.4, -0.2) is 23.1 Å². The van der Waals surface area contributed by atoms with E-state index >= 15 is 0 Å². The lowest BCUT2D eigenvalue weighted by molar-refractivity contribution is -0.166. The molecular weight excluding hydrogens is 174 g/mol. The van der Waals surface area contributed by atoms with Gasteiger partial charge in [0, 0.05) is 0 Å². The molecule has 5 nitrogen and oxygen atoms in total. The van der Waals surface area contributed by atoms with Crippen LogP contribution in [-0.2, 0) is 14.3 Å². The highest BCUT2D eigenvalue weighted by Crippen LogP contribution is 2.05. The van der Waals surface area contributed by atoms with E-state index in [4.69, 9.17) is 16.8 Å². The normalized spacial score (nSPS) is 13.2. The molecule has 0 spiro atoms. The number of carboxylic acids is 1. The first-order valence-electron chi connectivity index (χ1n) is 3.32. The number of rotatable bonds is 2. The second-order valence-corrected chi connectivity index (χ2v) is 2.22. The van der Waals surface area contributed by atoms with Crippen molar-refractivity contribution in [1.82, 2.24) is 0 Å². The van der Waals surface area contributed by atoms with Gasteiger partial charge in [-0.15, -0.1) is 6.42 Å². The maximum Gasteiger partial charge on any atom is 0.418 e. The highest BCUT2D eigenvalue weighted by atomic mass is 16.6. The summed E-state index contributed by atoms with van der Waals surface area (Å²) >= 11 is 0. The molecule has 0 rings (SSSR count). The monoisotopic (exact) mass is 181 g/mol. The molecule has 0 aromatic heterocycles. The van der Waals surface area contributed by atoms with Crippen LogP contribution in [0.15, 0.2) is 0 Å². The highest BCUT2D eigenvalue weighted by Gasteiger charge is 2.22. The minimum atomic E-state index is -1.73. The summed E-state index contributed by atoms with van der Waals surface area (Å²) in [6.45, 7) is 1.43. The van der Waals surface area contributed by atoms with Crippen LogP contribution >= 0.6 is 0 Å². The summed E-state index contributed by atoms with van der Waals surface area (Å²) in [5.74, 6) is -1.90. The van der Waals surface area contributed by atoms with E-state index in [0.717, 1.165) is 0 Å². The average molecular weight is 181 g/mol. The Morgan fingerprint density at radius 3 is 2.46 bits per heavy atom. The van der Waals surface area contributed by atoms with E-state index in [2.05, 4.69) is 4.74 Å². The number of carbonyl (C=O) groups excluding carboxylic acids is 1. The molecule has 2 unspecified atom stereocenters. The smallest absolute Gasteiger partial charge is 0.418 e. The Morgan fingerprint density at radius 1 is 1.62 bits per heavy atom. The largest absolute Gasteiger partial charge is 0.473 e. The van der Waals surface area contributed by atoms with Gasteiger partial charge in [0.2, 0.25) is 0 Å². The number of carbonyl (C=O) groups is 2. The first kappa shape index (κ1) is 11.0. The quantitative estimate of drug-likeness (QED) is 0.361. The van der Waals surface area contributed by atoms with Crippen molar-refractivity contribution < 1.29 is 19.4 Å². The molecule has 5 heteroatoms. The van der Waals surface area contributed by atoms with E-state index in [1.807, 2.05) is 5.92 Å². The summed E-state index contributed by atoms with van der Waals surface area (Å²) in [5.41, 5.74) is 0. The number of hydrogen-bond acceptors (Lipinski definition) is 4. The van der Waals surface area contributed by atoms with Gasteiger partial charge in [-0.05, 0) is 6.92 Å². The van der Waals surface area contributed by atoms with Gasteiger partial charge in [-0.3, -0.25) is 0 Å². The predicted molar refractivity (Wildman–Crippen MR) is 41.1 cm³/mol. The third kappa shape index (κ3) is 3.26. The van der Waals surface area contributed by atoms with Gasteiger partial charge in [-0.1, -0.05) is 5.92 Å². The van der Waals surface area contributed by atoms with E-state index in [9.17, 15) is 9.59 Å². The Labute approximate surface area is 74.9 Å². The summed E-state index contributed by atoms with van der Waals surface area (Å²) in [4.78, 5) is 20.5. The Balaban J connectivity index is 4.34. The van der Waals surface area contributed by atoms with Gasteiger partial charge in [0.15, 0.2) is 6.10 Å². The molecule has 0 aliphatic heterocycles. The number of nitriles is 1. The Bertz CT molecular complexity index is 296. The van der Waals surface area contributed by atoms with Crippen molar-refractivity contribution in [2.75, 3.05) is 0 Å². The molecule has 0 saturated carbocycles. The van der Waals surface area contributed by atoms with Gasteiger partial charge in [0.25, 0.3) is 0 Å².